The summed E-state index contributed by atoms with van der Waals surface area (Å²) in [5.41, 5.74) is 0.470. The van der Waals surface area contributed by atoms with Gasteiger partial charge in [-0.25, -0.2) is 9.97 Å². The molecule has 5 nitrogen and oxygen atoms in total. The molecule has 0 amide bonds. The van der Waals surface area contributed by atoms with Crippen molar-refractivity contribution < 1.29 is 4.79 Å². The van der Waals surface area contributed by atoms with Crippen molar-refractivity contribution in [3.63, 3.8) is 0 Å². The second-order valence-electron chi connectivity index (χ2n) is 3.32. The first-order chi connectivity index (χ1) is 7.29. The van der Waals surface area contributed by atoms with E-state index in [-0.39, 0.29) is 0 Å². The monoisotopic (exact) mass is 204 g/mol. The van der Waals surface area contributed by atoms with Gasteiger partial charge in [0.05, 0.1) is 6.33 Å². The lowest BCUT2D eigenvalue weighted by molar-refractivity contribution is 0.111. The third-order valence-corrected chi connectivity index (χ3v) is 2.30. The Morgan fingerprint density at radius 1 is 1.40 bits per heavy atom. The van der Waals surface area contributed by atoms with Gasteiger partial charge in [0, 0.05) is 31.7 Å². The fourth-order valence-corrected chi connectivity index (χ4v) is 1.42. The highest BCUT2D eigenvalue weighted by molar-refractivity contribution is 5.70. The van der Waals surface area contributed by atoms with Crippen molar-refractivity contribution in [2.75, 3.05) is 0 Å². The van der Waals surface area contributed by atoms with Crippen LogP contribution in [0.15, 0.2) is 24.9 Å². The normalized spacial score (nSPS) is 10.5. The number of hydrogen-bond acceptors (Lipinski definition) is 3. The Labute approximate surface area is 87.4 Å². The standard InChI is InChI=1S/C10H12N4O/c1-9-11-2-3-14(9)5-4-13-6-10(7-15)12-8-13/h2-3,6-8H,4-5H2,1H3. The molecule has 2 aromatic heterocycles. The van der Waals surface area contributed by atoms with Crippen LogP contribution in [0.4, 0.5) is 0 Å². The zero-order valence-electron chi connectivity index (χ0n) is 8.50. The molecule has 2 aromatic rings. The van der Waals surface area contributed by atoms with Gasteiger partial charge in [0.2, 0.25) is 0 Å². The molecule has 0 aliphatic rings. The Hall–Kier alpha value is -1.91. The van der Waals surface area contributed by atoms with Gasteiger partial charge in [-0.05, 0) is 6.92 Å². The Balaban J connectivity index is 1.99. The van der Waals surface area contributed by atoms with Crippen LogP contribution in [0, 0.1) is 6.92 Å². The molecule has 78 valence electrons. The maximum atomic E-state index is 10.4. The molecule has 0 bridgehead atoms. The van der Waals surface area contributed by atoms with E-state index in [4.69, 9.17) is 0 Å². The second-order valence-corrected chi connectivity index (χ2v) is 3.32. The van der Waals surface area contributed by atoms with Crippen molar-refractivity contribution >= 4 is 6.29 Å². The van der Waals surface area contributed by atoms with Crippen LogP contribution in [0.1, 0.15) is 16.3 Å². The van der Waals surface area contributed by atoms with Crippen molar-refractivity contribution in [1.82, 2.24) is 19.1 Å². The summed E-state index contributed by atoms with van der Waals surface area (Å²) in [5, 5.41) is 0. The van der Waals surface area contributed by atoms with Gasteiger partial charge in [0.1, 0.15) is 11.5 Å². The maximum Gasteiger partial charge on any atom is 0.169 e. The van der Waals surface area contributed by atoms with E-state index in [1.165, 1.54) is 0 Å². The quantitative estimate of drug-likeness (QED) is 0.695. The molecule has 15 heavy (non-hydrogen) atoms. The third kappa shape index (κ3) is 2.12. The Bertz CT molecular complexity index is 457. The lowest BCUT2D eigenvalue weighted by atomic mass is 10.5. The number of carbonyl (C=O) groups is 1. The van der Waals surface area contributed by atoms with Crippen LogP contribution in [0.3, 0.4) is 0 Å². The fraction of sp³-hybridized carbons (Fsp3) is 0.300. The van der Waals surface area contributed by atoms with Gasteiger partial charge in [-0.3, -0.25) is 4.79 Å². The highest BCUT2D eigenvalue weighted by Crippen LogP contribution is 1.98. The summed E-state index contributed by atoms with van der Waals surface area (Å²) in [5.74, 6) is 0.991. The third-order valence-electron chi connectivity index (χ3n) is 2.30. The molecule has 0 fully saturated rings. The van der Waals surface area contributed by atoms with E-state index in [1.54, 1.807) is 18.7 Å². The minimum atomic E-state index is 0.470. The average Bonchev–Trinajstić information content (AvgIpc) is 2.84. The number of aromatic nitrogens is 4. The lowest BCUT2D eigenvalue weighted by Gasteiger charge is -2.04. The molecule has 0 N–H and O–H groups in total. The maximum absolute atomic E-state index is 10.4. The highest BCUT2D eigenvalue weighted by Gasteiger charge is 1.99. The van der Waals surface area contributed by atoms with Crippen LogP contribution in [-0.4, -0.2) is 25.4 Å². The molecule has 5 heteroatoms. The first-order valence-electron chi connectivity index (χ1n) is 4.74. The largest absolute Gasteiger partial charge is 0.335 e. The molecule has 2 rings (SSSR count). The lowest BCUT2D eigenvalue weighted by Crippen LogP contribution is -2.06. The van der Waals surface area contributed by atoms with Crippen molar-refractivity contribution in [2.24, 2.45) is 0 Å². The molecule has 0 atom stereocenters. The molecular formula is C10H12N4O. The van der Waals surface area contributed by atoms with Gasteiger partial charge in [-0.15, -0.1) is 0 Å². The average molecular weight is 204 g/mol. The van der Waals surface area contributed by atoms with Crippen LogP contribution in [-0.2, 0) is 13.1 Å². The molecule has 0 aliphatic heterocycles. The van der Waals surface area contributed by atoms with E-state index < -0.39 is 0 Å². The summed E-state index contributed by atoms with van der Waals surface area (Å²) in [6, 6.07) is 0. The molecular weight excluding hydrogens is 192 g/mol. The van der Waals surface area contributed by atoms with Gasteiger partial charge in [-0.2, -0.15) is 0 Å². The van der Waals surface area contributed by atoms with Gasteiger partial charge in [0.25, 0.3) is 0 Å². The van der Waals surface area contributed by atoms with E-state index in [0.717, 1.165) is 25.2 Å². The Morgan fingerprint density at radius 2 is 2.27 bits per heavy atom. The van der Waals surface area contributed by atoms with Gasteiger partial charge in [-0.1, -0.05) is 0 Å². The van der Waals surface area contributed by atoms with Crippen molar-refractivity contribution in [2.45, 2.75) is 20.0 Å². The van der Waals surface area contributed by atoms with Crippen LogP contribution in [0.25, 0.3) is 0 Å². The SMILES string of the molecule is Cc1nccn1CCn1cnc(C=O)c1. The predicted molar refractivity (Wildman–Crippen MR) is 54.6 cm³/mol. The van der Waals surface area contributed by atoms with Crippen LogP contribution in [0.2, 0.25) is 0 Å². The number of aryl methyl sites for hydroxylation is 3. The van der Waals surface area contributed by atoms with Crippen molar-refractivity contribution in [1.29, 1.82) is 0 Å². The predicted octanol–water partition coefficient (Wildman–Crippen LogP) is 0.901. The first kappa shape index (κ1) is 9.64. The first-order valence-corrected chi connectivity index (χ1v) is 4.74. The molecule has 0 spiro atoms. The topological polar surface area (TPSA) is 52.7 Å². The molecule has 0 saturated carbocycles. The molecule has 0 unspecified atom stereocenters. The van der Waals surface area contributed by atoms with Crippen LogP contribution < -0.4 is 0 Å². The summed E-state index contributed by atoms with van der Waals surface area (Å²) in [7, 11) is 0. The number of rotatable bonds is 4. The van der Waals surface area contributed by atoms with E-state index >= 15 is 0 Å². The summed E-state index contributed by atoms with van der Waals surface area (Å²) in [6.45, 7) is 3.59. The molecule has 0 radical (unpaired) electrons. The smallest absolute Gasteiger partial charge is 0.169 e. The minimum Gasteiger partial charge on any atom is -0.335 e. The zero-order chi connectivity index (χ0) is 10.7. The number of nitrogens with zero attached hydrogens (tertiary/aromatic N) is 4. The molecule has 2 heterocycles. The minimum absolute atomic E-state index is 0.470. The van der Waals surface area contributed by atoms with Crippen LogP contribution in [0.5, 0.6) is 0 Å². The van der Waals surface area contributed by atoms with Crippen molar-refractivity contribution in [3.05, 3.63) is 36.4 Å². The Morgan fingerprint density at radius 3 is 2.87 bits per heavy atom. The van der Waals surface area contributed by atoms with E-state index in [1.807, 2.05) is 17.7 Å². The van der Waals surface area contributed by atoms with Gasteiger partial charge >= 0.3 is 0 Å². The fourth-order valence-electron chi connectivity index (χ4n) is 1.42. The molecule has 0 aromatic carbocycles. The summed E-state index contributed by atoms with van der Waals surface area (Å²) >= 11 is 0. The Kier molecular flexibility index (Phi) is 2.62. The summed E-state index contributed by atoms with van der Waals surface area (Å²) < 4.78 is 3.95. The summed E-state index contributed by atoms with van der Waals surface area (Å²) in [6.07, 6.45) is 7.86. The number of imidazole rings is 2. The van der Waals surface area contributed by atoms with E-state index in [9.17, 15) is 4.79 Å². The van der Waals surface area contributed by atoms with E-state index in [2.05, 4.69) is 14.5 Å². The number of hydrogen-bond donors (Lipinski definition) is 0. The van der Waals surface area contributed by atoms with Gasteiger partial charge in [0.15, 0.2) is 6.29 Å². The van der Waals surface area contributed by atoms with E-state index in [0.29, 0.717) is 5.69 Å². The highest BCUT2D eigenvalue weighted by atomic mass is 16.1. The van der Waals surface area contributed by atoms with Gasteiger partial charge < -0.3 is 9.13 Å². The molecule has 0 aliphatic carbocycles. The van der Waals surface area contributed by atoms with Crippen LogP contribution >= 0.6 is 0 Å². The summed E-state index contributed by atoms with van der Waals surface area (Å²) in [4.78, 5) is 18.5. The zero-order valence-corrected chi connectivity index (χ0v) is 8.50. The number of carbonyl (C=O) groups excluding carboxylic acids is 1. The second kappa shape index (κ2) is 4.08. The van der Waals surface area contributed by atoms with Crippen molar-refractivity contribution in [3.8, 4) is 0 Å². The molecule has 0 saturated heterocycles. The number of aldehydes is 1.